The molecule has 0 saturated carbocycles. The number of aliphatic hydroxyl groups is 1. The Bertz CT molecular complexity index is 139. The standard InChI is InChI=1S/C7H15NO3/c1-8(2,3)5-6(9)4-7(10)11/h6,9H,4-5H2,1-3H3/i1+2,2+2,3+2. The molecule has 0 aliphatic heterocycles. The summed E-state index contributed by atoms with van der Waals surface area (Å²) in [5.41, 5.74) is 0. The van der Waals surface area contributed by atoms with Gasteiger partial charge in [0.2, 0.25) is 0 Å². The maximum absolute atomic E-state index is 10.0. The molecule has 0 aromatic heterocycles. The van der Waals surface area contributed by atoms with Gasteiger partial charge in [-0.1, -0.05) is 0 Å². The molecule has 0 radical (unpaired) electrons. The third-order valence-electron chi connectivity index (χ3n) is 1.16. The molecule has 0 aromatic rings. The molecule has 0 saturated heterocycles. The van der Waals surface area contributed by atoms with Crippen LogP contribution in [0, 0.1) is 0 Å². The molecule has 1 unspecified atom stereocenters. The van der Waals surface area contributed by atoms with E-state index in [1.807, 2.05) is 21.1 Å². The number of aliphatic hydroxyl groups excluding tert-OH is 1. The summed E-state index contributed by atoms with van der Waals surface area (Å²) < 4.78 is 0.550. The van der Waals surface area contributed by atoms with E-state index in [-0.39, 0.29) is 6.42 Å². The van der Waals surface area contributed by atoms with Crippen molar-refractivity contribution in [3.05, 3.63) is 0 Å². The van der Waals surface area contributed by atoms with Crippen LogP contribution < -0.4 is 5.11 Å². The van der Waals surface area contributed by atoms with Gasteiger partial charge in [-0.2, -0.15) is 0 Å². The largest absolute Gasteiger partial charge is 0.550 e. The number of quaternary nitrogens is 1. The van der Waals surface area contributed by atoms with Gasteiger partial charge >= 0.3 is 0 Å². The van der Waals surface area contributed by atoms with Gasteiger partial charge in [0.1, 0.15) is 12.6 Å². The molecule has 4 nitrogen and oxygen atoms in total. The molecular formula is C7H15NO3. The lowest BCUT2D eigenvalue weighted by Crippen LogP contribution is -2.43. The molecule has 0 fully saturated rings. The molecular weight excluding hydrogens is 152 g/mol. The van der Waals surface area contributed by atoms with Gasteiger partial charge in [0.05, 0.1) is 21.1 Å². The molecule has 4 heteroatoms. The SMILES string of the molecule is [14CH3][N+]([14CH3])([14CH3])CC(O)CC(=O)[O-]. The van der Waals surface area contributed by atoms with Gasteiger partial charge in [-0.15, -0.1) is 0 Å². The highest BCUT2D eigenvalue weighted by Crippen LogP contribution is 1.97. The predicted octanol–water partition coefficient (Wildman–Crippen LogP) is -1.81. The molecule has 0 bridgehead atoms. The average Bonchev–Trinajstić information content (AvgIpc) is 1.53. The summed E-state index contributed by atoms with van der Waals surface area (Å²) in [5.74, 6) is -1.20. The Hall–Kier alpha value is -0.610. The predicted molar refractivity (Wildman–Crippen MR) is 38.5 cm³/mol. The van der Waals surface area contributed by atoms with Gasteiger partial charge in [-0.25, -0.2) is 0 Å². The van der Waals surface area contributed by atoms with Gasteiger partial charge in [0, 0.05) is 12.4 Å². The van der Waals surface area contributed by atoms with Crippen molar-refractivity contribution in [2.75, 3.05) is 27.7 Å². The van der Waals surface area contributed by atoms with E-state index in [2.05, 4.69) is 0 Å². The lowest BCUT2D eigenvalue weighted by Gasteiger charge is -2.26. The Labute approximate surface area is 66.6 Å². The van der Waals surface area contributed by atoms with Crippen LogP contribution in [-0.2, 0) is 4.79 Å². The van der Waals surface area contributed by atoms with Gasteiger partial charge < -0.3 is 19.5 Å². The zero-order valence-electron chi connectivity index (χ0n) is 7.20. The fourth-order valence-electron chi connectivity index (χ4n) is 0.889. The Kier molecular flexibility index (Phi) is 3.48. The molecule has 0 heterocycles. The zero-order valence-corrected chi connectivity index (χ0v) is 7.20. The smallest absolute Gasteiger partial charge is 0.108 e. The van der Waals surface area contributed by atoms with Gasteiger partial charge in [-0.05, 0) is 0 Å². The number of carbonyl (C=O) groups excluding carboxylic acids is 1. The van der Waals surface area contributed by atoms with E-state index in [0.29, 0.717) is 11.0 Å². The quantitative estimate of drug-likeness (QED) is 0.502. The summed E-state index contributed by atoms with van der Waals surface area (Å²) in [6.07, 6.45) is -1.09. The van der Waals surface area contributed by atoms with E-state index in [1.165, 1.54) is 0 Å². The first-order valence-corrected chi connectivity index (χ1v) is 3.49. The third-order valence-corrected chi connectivity index (χ3v) is 1.16. The van der Waals surface area contributed by atoms with Crippen molar-refractivity contribution < 1.29 is 19.5 Å². The third kappa shape index (κ3) is 7.29. The Balaban J connectivity index is 3.69. The topological polar surface area (TPSA) is 60.4 Å². The fraction of sp³-hybridized carbons (Fsp3) is 0.857. The first-order valence-electron chi connectivity index (χ1n) is 3.49. The Morgan fingerprint density at radius 3 is 2.27 bits per heavy atom. The van der Waals surface area contributed by atoms with E-state index < -0.39 is 12.1 Å². The Morgan fingerprint density at radius 1 is 1.55 bits per heavy atom. The van der Waals surface area contributed by atoms with Crippen molar-refractivity contribution in [2.24, 2.45) is 0 Å². The van der Waals surface area contributed by atoms with Crippen LogP contribution >= 0.6 is 0 Å². The highest BCUT2D eigenvalue weighted by Gasteiger charge is 2.14. The first-order chi connectivity index (χ1) is 4.81. The first kappa shape index (κ1) is 10.4. The van der Waals surface area contributed by atoms with Crippen molar-refractivity contribution in [1.82, 2.24) is 0 Å². The number of carboxylic acid groups (broad SMARTS) is 1. The summed E-state index contributed by atoms with van der Waals surface area (Å²) in [6.45, 7) is 0.425. The summed E-state index contributed by atoms with van der Waals surface area (Å²) in [6, 6.07) is 0. The molecule has 1 N–H and O–H groups in total. The molecule has 0 aliphatic carbocycles. The van der Waals surface area contributed by atoms with Crippen LogP contribution in [0.25, 0.3) is 0 Å². The van der Waals surface area contributed by atoms with E-state index in [4.69, 9.17) is 5.11 Å². The van der Waals surface area contributed by atoms with Crippen molar-refractivity contribution in [2.45, 2.75) is 12.5 Å². The molecule has 0 spiro atoms. The van der Waals surface area contributed by atoms with Crippen LogP contribution in [-0.4, -0.2) is 49.4 Å². The summed E-state index contributed by atoms with van der Waals surface area (Å²) >= 11 is 0. The number of nitrogens with zero attached hydrogens (tertiary/aromatic N) is 1. The van der Waals surface area contributed by atoms with E-state index in [1.54, 1.807) is 0 Å². The van der Waals surface area contributed by atoms with Crippen LogP contribution in [0.3, 0.4) is 0 Å². The fourth-order valence-corrected chi connectivity index (χ4v) is 0.889. The van der Waals surface area contributed by atoms with Crippen LogP contribution in [0.5, 0.6) is 0 Å². The number of hydrogen-bond acceptors (Lipinski definition) is 3. The number of likely N-dealkylation sites (N-methyl/N-ethyl adjacent to an activating group) is 1. The minimum atomic E-state index is -1.20. The molecule has 1 atom stereocenters. The summed E-state index contributed by atoms with van der Waals surface area (Å²) in [4.78, 5) is 10.0. The van der Waals surface area contributed by atoms with Crippen LogP contribution in [0.2, 0.25) is 0 Å². The van der Waals surface area contributed by atoms with Crippen LogP contribution in [0.4, 0.5) is 0 Å². The zero-order chi connectivity index (χ0) is 9.07. The van der Waals surface area contributed by atoms with Crippen LogP contribution in [0.1, 0.15) is 6.42 Å². The molecule has 0 amide bonds. The molecule has 66 valence electrons. The van der Waals surface area contributed by atoms with Crippen molar-refractivity contribution in [3.63, 3.8) is 0 Å². The van der Waals surface area contributed by atoms with E-state index in [0.717, 1.165) is 0 Å². The minimum absolute atomic E-state index is 0.282. The van der Waals surface area contributed by atoms with E-state index >= 15 is 0 Å². The second kappa shape index (κ2) is 3.69. The minimum Gasteiger partial charge on any atom is -0.550 e. The lowest BCUT2D eigenvalue weighted by atomic mass is 10.2. The Morgan fingerprint density at radius 2 is 2.00 bits per heavy atom. The van der Waals surface area contributed by atoms with Gasteiger partial charge in [0.25, 0.3) is 0 Å². The van der Waals surface area contributed by atoms with Crippen molar-refractivity contribution >= 4 is 5.97 Å². The monoisotopic (exact) mass is 167 g/mol. The summed E-state index contributed by atoms with van der Waals surface area (Å²) in [5, 5.41) is 19.1. The van der Waals surface area contributed by atoms with Gasteiger partial charge in [-0.3, -0.25) is 0 Å². The number of hydrogen-bond donors (Lipinski definition) is 1. The van der Waals surface area contributed by atoms with Crippen molar-refractivity contribution in [1.29, 1.82) is 0 Å². The highest BCUT2D eigenvalue weighted by molar-refractivity contribution is 5.64. The maximum atomic E-state index is 10.0. The summed E-state index contributed by atoms with van der Waals surface area (Å²) in [7, 11) is 5.66. The lowest BCUT2D eigenvalue weighted by molar-refractivity contribution is -0.873. The maximum Gasteiger partial charge on any atom is 0.108 e. The van der Waals surface area contributed by atoms with Crippen molar-refractivity contribution in [3.8, 4) is 0 Å². The molecule has 0 aromatic carbocycles. The molecule has 0 rings (SSSR count). The normalized spacial score (nSPS) is 14.5. The van der Waals surface area contributed by atoms with Gasteiger partial charge in [0.15, 0.2) is 0 Å². The van der Waals surface area contributed by atoms with E-state index in [9.17, 15) is 9.90 Å². The average molecular weight is 167 g/mol. The number of carboxylic acids is 1. The molecule has 11 heavy (non-hydrogen) atoms. The number of carbonyl (C=O) groups is 1. The highest BCUT2D eigenvalue weighted by atomic mass is 16.4. The van der Waals surface area contributed by atoms with Crippen LogP contribution in [0.15, 0.2) is 0 Å². The number of rotatable bonds is 4. The molecule has 0 aliphatic rings. The second-order valence-electron chi connectivity index (χ2n) is 3.70. The number of aliphatic carboxylic acids is 1. The second-order valence-corrected chi connectivity index (χ2v) is 3.70.